The van der Waals surface area contributed by atoms with Crippen molar-refractivity contribution in [2.75, 3.05) is 14.2 Å². The Bertz CT molecular complexity index is 431. The molecule has 2 atom stereocenters. The quantitative estimate of drug-likeness (QED) is 0.803. The Morgan fingerprint density at radius 3 is 2.58 bits per heavy atom. The highest BCUT2D eigenvalue weighted by Gasteiger charge is 2.15. The molecule has 2 N–H and O–H groups in total. The molecule has 0 fully saturated rings. The second-order valence-electron chi connectivity index (χ2n) is 4.96. The third-order valence-electron chi connectivity index (χ3n) is 3.25. The highest BCUT2D eigenvalue weighted by atomic mass is 16.5. The van der Waals surface area contributed by atoms with E-state index in [2.05, 4.69) is 4.74 Å². The molecule has 106 valence electrons. The zero-order valence-electron chi connectivity index (χ0n) is 12.1. The Hall–Kier alpha value is -1.55. The van der Waals surface area contributed by atoms with Gasteiger partial charge in [0.2, 0.25) is 0 Å². The van der Waals surface area contributed by atoms with Gasteiger partial charge in [0.05, 0.1) is 14.2 Å². The molecule has 4 nitrogen and oxygen atoms in total. The fraction of sp³-hybridized carbons (Fsp3) is 0.533. The van der Waals surface area contributed by atoms with Crippen LogP contribution in [0.1, 0.15) is 36.9 Å². The molecule has 2 unspecified atom stereocenters. The number of ether oxygens (including phenoxy) is 2. The summed E-state index contributed by atoms with van der Waals surface area (Å²) in [5, 5.41) is 0. The lowest BCUT2D eigenvalue weighted by Crippen LogP contribution is -2.16. The molecule has 1 aromatic rings. The van der Waals surface area contributed by atoms with Crippen LogP contribution in [0.15, 0.2) is 18.2 Å². The van der Waals surface area contributed by atoms with Gasteiger partial charge in [-0.25, -0.2) is 0 Å². The highest BCUT2D eigenvalue weighted by Crippen LogP contribution is 2.25. The van der Waals surface area contributed by atoms with Crippen molar-refractivity contribution in [3.05, 3.63) is 29.3 Å². The van der Waals surface area contributed by atoms with Gasteiger partial charge >= 0.3 is 5.97 Å². The highest BCUT2D eigenvalue weighted by molar-refractivity contribution is 5.69. The van der Waals surface area contributed by atoms with E-state index in [1.165, 1.54) is 7.11 Å². The summed E-state index contributed by atoms with van der Waals surface area (Å²) in [4.78, 5) is 11.2. The van der Waals surface area contributed by atoms with Gasteiger partial charge in [-0.3, -0.25) is 4.79 Å². The number of rotatable bonds is 6. The van der Waals surface area contributed by atoms with Crippen molar-refractivity contribution >= 4 is 5.97 Å². The summed E-state index contributed by atoms with van der Waals surface area (Å²) in [7, 11) is 3.06. The topological polar surface area (TPSA) is 61.5 Å². The van der Waals surface area contributed by atoms with Gasteiger partial charge in [-0.05, 0) is 36.5 Å². The average Bonchev–Trinajstić information content (AvgIpc) is 2.38. The van der Waals surface area contributed by atoms with Gasteiger partial charge < -0.3 is 15.2 Å². The first-order chi connectivity index (χ1) is 8.97. The fourth-order valence-corrected chi connectivity index (χ4v) is 2.15. The smallest absolute Gasteiger partial charge is 0.305 e. The minimum Gasteiger partial charge on any atom is -0.496 e. The summed E-state index contributed by atoms with van der Waals surface area (Å²) in [5.74, 6) is 0.869. The van der Waals surface area contributed by atoms with Crippen LogP contribution in [0.3, 0.4) is 0 Å². The first-order valence-corrected chi connectivity index (χ1v) is 6.44. The molecule has 1 aromatic carbocycles. The van der Waals surface area contributed by atoms with E-state index >= 15 is 0 Å². The van der Waals surface area contributed by atoms with E-state index in [-0.39, 0.29) is 17.9 Å². The van der Waals surface area contributed by atoms with Crippen molar-refractivity contribution in [1.29, 1.82) is 0 Å². The van der Waals surface area contributed by atoms with Crippen molar-refractivity contribution in [2.45, 2.75) is 32.7 Å². The second-order valence-corrected chi connectivity index (χ2v) is 4.96. The number of carbonyl (C=O) groups is 1. The molecule has 0 aliphatic rings. The van der Waals surface area contributed by atoms with Crippen LogP contribution in [-0.2, 0) is 9.53 Å². The molecular formula is C15H23NO3. The summed E-state index contributed by atoms with van der Waals surface area (Å²) < 4.78 is 9.89. The monoisotopic (exact) mass is 265 g/mol. The number of aryl methyl sites for hydroxylation is 1. The van der Waals surface area contributed by atoms with Crippen molar-refractivity contribution in [1.82, 2.24) is 0 Å². The van der Waals surface area contributed by atoms with Crippen molar-refractivity contribution < 1.29 is 14.3 Å². The van der Waals surface area contributed by atoms with Crippen LogP contribution in [0, 0.1) is 12.8 Å². The van der Waals surface area contributed by atoms with E-state index in [9.17, 15) is 4.79 Å². The van der Waals surface area contributed by atoms with E-state index in [0.717, 1.165) is 23.3 Å². The molecule has 0 saturated carbocycles. The molecule has 0 aliphatic carbocycles. The second kappa shape index (κ2) is 7.14. The van der Waals surface area contributed by atoms with Crippen LogP contribution in [-0.4, -0.2) is 20.2 Å². The van der Waals surface area contributed by atoms with Crippen molar-refractivity contribution in [3.8, 4) is 5.75 Å². The van der Waals surface area contributed by atoms with Gasteiger partial charge in [-0.15, -0.1) is 0 Å². The number of hydrogen-bond donors (Lipinski definition) is 1. The van der Waals surface area contributed by atoms with Gasteiger partial charge in [0.15, 0.2) is 0 Å². The molecule has 0 heterocycles. The Balaban J connectivity index is 2.65. The molecule has 0 bridgehead atoms. The first kappa shape index (κ1) is 15.5. The number of hydrogen-bond acceptors (Lipinski definition) is 4. The Kier molecular flexibility index (Phi) is 5.83. The lowest BCUT2D eigenvalue weighted by atomic mass is 9.93. The molecule has 0 spiro atoms. The first-order valence-electron chi connectivity index (χ1n) is 6.44. The van der Waals surface area contributed by atoms with Crippen LogP contribution < -0.4 is 10.5 Å². The molecule has 0 amide bonds. The molecule has 1 rings (SSSR count). The fourth-order valence-electron chi connectivity index (χ4n) is 2.15. The third kappa shape index (κ3) is 4.56. The van der Waals surface area contributed by atoms with Crippen LogP contribution in [0.25, 0.3) is 0 Å². The molecule has 0 radical (unpaired) electrons. The lowest BCUT2D eigenvalue weighted by molar-refractivity contribution is -0.141. The minimum absolute atomic E-state index is 0.0794. The summed E-state index contributed by atoms with van der Waals surface area (Å²) in [5.41, 5.74) is 8.31. The molecular weight excluding hydrogens is 242 g/mol. The number of benzene rings is 1. The summed E-state index contributed by atoms with van der Waals surface area (Å²) in [6.07, 6.45) is 1.15. The van der Waals surface area contributed by atoms with Crippen molar-refractivity contribution in [2.24, 2.45) is 11.7 Å². The van der Waals surface area contributed by atoms with E-state index in [1.54, 1.807) is 7.11 Å². The molecule has 4 heteroatoms. The van der Waals surface area contributed by atoms with E-state index in [0.29, 0.717) is 6.42 Å². The average molecular weight is 265 g/mol. The predicted molar refractivity (Wildman–Crippen MR) is 75.1 cm³/mol. The Morgan fingerprint density at radius 1 is 1.37 bits per heavy atom. The van der Waals surface area contributed by atoms with E-state index in [1.807, 2.05) is 32.0 Å². The normalized spacial score (nSPS) is 13.7. The Labute approximate surface area is 114 Å². The van der Waals surface area contributed by atoms with Crippen LogP contribution in [0.2, 0.25) is 0 Å². The van der Waals surface area contributed by atoms with Gasteiger partial charge in [0.1, 0.15) is 5.75 Å². The zero-order valence-corrected chi connectivity index (χ0v) is 12.1. The summed E-state index contributed by atoms with van der Waals surface area (Å²) >= 11 is 0. The molecule has 0 saturated heterocycles. The van der Waals surface area contributed by atoms with E-state index < -0.39 is 0 Å². The van der Waals surface area contributed by atoms with E-state index in [4.69, 9.17) is 10.5 Å². The third-order valence-corrected chi connectivity index (χ3v) is 3.25. The molecule has 0 aromatic heterocycles. The van der Waals surface area contributed by atoms with Crippen LogP contribution in [0.4, 0.5) is 0 Å². The van der Waals surface area contributed by atoms with Gasteiger partial charge in [-0.2, -0.15) is 0 Å². The van der Waals surface area contributed by atoms with Gasteiger partial charge in [-0.1, -0.05) is 19.1 Å². The predicted octanol–water partition coefficient (Wildman–Crippen LogP) is 2.59. The standard InChI is InChI=1S/C15H23NO3/c1-10(8-15(17)19-4)7-13(16)12-5-6-14(18-3)11(2)9-12/h5-6,9-10,13H,7-8,16H2,1-4H3. The maximum atomic E-state index is 11.2. The SMILES string of the molecule is COC(=O)CC(C)CC(N)c1ccc(OC)c(C)c1. The lowest BCUT2D eigenvalue weighted by Gasteiger charge is -2.18. The number of carbonyl (C=O) groups excluding carboxylic acids is 1. The maximum absolute atomic E-state index is 11.2. The number of methoxy groups -OCH3 is 2. The Morgan fingerprint density at radius 2 is 2.05 bits per heavy atom. The molecule has 19 heavy (non-hydrogen) atoms. The van der Waals surface area contributed by atoms with Crippen molar-refractivity contribution in [3.63, 3.8) is 0 Å². The maximum Gasteiger partial charge on any atom is 0.305 e. The largest absolute Gasteiger partial charge is 0.496 e. The molecule has 0 aliphatic heterocycles. The van der Waals surface area contributed by atoms with Gasteiger partial charge in [0, 0.05) is 12.5 Å². The van der Waals surface area contributed by atoms with Crippen LogP contribution >= 0.6 is 0 Å². The summed E-state index contributed by atoms with van der Waals surface area (Å²) in [6.45, 7) is 4.00. The van der Waals surface area contributed by atoms with Crippen LogP contribution in [0.5, 0.6) is 5.75 Å². The minimum atomic E-state index is -0.189. The van der Waals surface area contributed by atoms with Gasteiger partial charge in [0.25, 0.3) is 0 Å². The zero-order chi connectivity index (χ0) is 14.4. The number of esters is 1. The summed E-state index contributed by atoms with van der Waals surface area (Å²) in [6, 6.07) is 5.86. The number of nitrogens with two attached hydrogens (primary N) is 1.